The van der Waals surface area contributed by atoms with Gasteiger partial charge in [-0.2, -0.15) is 4.98 Å². The van der Waals surface area contributed by atoms with Crippen molar-refractivity contribution in [1.82, 2.24) is 4.98 Å². The van der Waals surface area contributed by atoms with Crippen molar-refractivity contribution in [2.24, 2.45) is 5.84 Å². The van der Waals surface area contributed by atoms with Crippen LogP contribution in [0.25, 0.3) is 0 Å². The van der Waals surface area contributed by atoms with E-state index in [0.29, 0.717) is 4.47 Å². The van der Waals surface area contributed by atoms with Crippen LogP contribution in [-0.2, 0) is 0 Å². The van der Waals surface area contributed by atoms with Crippen molar-refractivity contribution >= 4 is 27.4 Å². The van der Waals surface area contributed by atoms with E-state index in [1.165, 1.54) is 18.2 Å². The summed E-state index contributed by atoms with van der Waals surface area (Å²) in [5.41, 5.74) is 1.90. The number of hydrogen-bond acceptors (Lipinski definition) is 6. The third-order valence-electron chi connectivity index (χ3n) is 2.25. The summed E-state index contributed by atoms with van der Waals surface area (Å²) in [5.74, 6) is 4.31. The molecule has 0 spiro atoms. The van der Waals surface area contributed by atoms with Crippen molar-refractivity contribution in [2.45, 2.75) is 0 Å². The Balaban J connectivity index is 2.39. The zero-order valence-corrected chi connectivity index (χ0v) is 11.4. The molecule has 1 aromatic heterocycles. The minimum absolute atomic E-state index is 0.0320. The van der Waals surface area contributed by atoms with Gasteiger partial charge < -0.3 is 10.2 Å². The summed E-state index contributed by atoms with van der Waals surface area (Å²) in [6, 6.07) is 6.27. The summed E-state index contributed by atoms with van der Waals surface area (Å²) in [6.45, 7) is 0. The summed E-state index contributed by atoms with van der Waals surface area (Å²) >= 11 is 3.17. The molecular formula is C11H8BrFN4O3. The fraction of sp³-hybridized carbons (Fsp3) is 0. The van der Waals surface area contributed by atoms with Crippen molar-refractivity contribution in [3.05, 3.63) is 50.7 Å². The van der Waals surface area contributed by atoms with E-state index in [9.17, 15) is 14.5 Å². The number of nitrogens with zero attached hydrogens (tertiary/aromatic N) is 2. The van der Waals surface area contributed by atoms with Gasteiger partial charge in [0.1, 0.15) is 0 Å². The molecule has 0 aliphatic rings. The molecule has 3 N–H and O–H groups in total. The Kier molecular flexibility index (Phi) is 4.11. The normalized spacial score (nSPS) is 10.2. The van der Waals surface area contributed by atoms with Gasteiger partial charge in [0, 0.05) is 4.47 Å². The lowest BCUT2D eigenvalue weighted by atomic mass is 10.3. The first-order valence-corrected chi connectivity index (χ1v) is 6.05. The molecule has 1 heterocycles. The highest BCUT2D eigenvalue weighted by molar-refractivity contribution is 9.10. The lowest BCUT2D eigenvalue weighted by Crippen LogP contribution is -2.09. The average molecular weight is 343 g/mol. The van der Waals surface area contributed by atoms with Gasteiger partial charge in [-0.15, -0.1) is 0 Å². The van der Waals surface area contributed by atoms with Crippen LogP contribution in [0.15, 0.2) is 34.8 Å². The van der Waals surface area contributed by atoms with Gasteiger partial charge in [-0.05, 0) is 18.2 Å². The maximum atomic E-state index is 13.5. The lowest BCUT2D eigenvalue weighted by Gasteiger charge is -2.07. The van der Waals surface area contributed by atoms with Crippen LogP contribution in [0, 0.1) is 15.9 Å². The van der Waals surface area contributed by atoms with Crippen LogP contribution in [0.1, 0.15) is 0 Å². The Morgan fingerprint density at radius 1 is 1.40 bits per heavy atom. The van der Waals surface area contributed by atoms with Gasteiger partial charge in [-0.25, -0.2) is 10.2 Å². The maximum absolute atomic E-state index is 13.5. The second-order valence-electron chi connectivity index (χ2n) is 3.63. The molecule has 0 fully saturated rings. The quantitative estimate of drug-likeness (QED) is 0.503. The van der Waals surface area contributed by atoms with E-state index in [0.717, 1.165) is 12.1 Å². The van der Waals surface area contributed by atoms with Crippen LogP contribution < -0.4 is 16.0 Å². The van der Waals surface area contributed by atoms with Gasteiger partial charge in [-0.3, -0.25) is 10.1 Å². The number of anilines is 1. The van der Waals surface area contributed by atoms with E-state index in [4.69, 9.17) is 10.6 Å². The Bertz CT molecular complexity index is 668. The van der Waals surface area contributed by atoms with Crippen molar-refractivity contribution in [1.29, 1.82) is 0 Å². The van der Waals surface area contributed by atoms with Crippen molar-refractivity contribution in [3.63, 3.8) is 0 Å². The topological polar surface area (TPSA) is 103 Å². The fourth-order valence-corrected chi connectivity index (χ4v) is 1.73. The van der Waals surface area contributed by atoms with Crippen LogP contribution in [0.5, 0.6) is 11.6 Å². The molecule has 1 aromatic carbocycles. The highest BCUT2D eigenvalue weighted by atomic mass is 79.9. The first kappa shape index (κ1) is 14.2. The maximum Gasteiger partial charge on any atom is 0.278 e. The first-order valence-electron chi connectivity index (χ1n) is 5.25. The van der Waals surface area contributed by atoms with Crippen molar-refractivity contribution in [2.75, 3.05) is 5.43 Å². The second-order valence-corrected chi connectivity index (χ2v) is 4.54. The van der Waals surface area contributed by atoms with E-state index in [1.54, 1.807) is 0 Å². The third kappa shape index (κ3) is 3.19. The standard InChI is InChI=1S/C11H8BrFN4O3/c12-6-1-2-8(13)9(3-6)20-11-5-7(17(18)19)4-10(15-11)16-14/h1-5H,14H2,(H,15,16). The Hall–Kier alpha value is -2.26. The number of nitrogens with one attached hydrogen (secondary N) is 1. The smallest absolute Gasteiger partial charge is 0.278 e. The zero-order valence-electron chi connectivity index (χ0n) is 9.84. The number of halogens is 2. The molecule has 0 radical (unpaired) electrons. The number of hydrogen-bond donors (Lipinski definition) is 2. The molecule has 0 aliphatic heterocycles. The van der Waals surface area contributed by atoms with Crippen LogP contribution in [0.2, 0.25) is 0 Å². The predicted octanol–water partition coefficient (Wildman–Crippen LogP) is 2.97. The van der Waals surface area contributed by atoms with Gasteiger partial charge in [0.15, 0.2) is 17.4 Å². The van der Waals surface area contributed by atoms with Crippen molar-refractivity contribution < 1.29 is 14.1 Å². The summed E-state index contributed by atoms with van der Waals surface area (Å²) in [4.78, 5) is 14.0. The number of pyridine rings is 1. The number of rotatable bonds is 4. The van der Waals surface area contributed by atoms with E-state index in [2.05, 4.69) is 26.3 Å². The number of nitrogens with two attached hydrogens (primary N) is 1. The van der Waals surface area contributed by atoms with E-state index < -0.39 is 10.7 Å². The van der Waals surface area contributed by atoms with E-state index in [1.807, 2.05) is 0 Å². The average Bonchev–Trinajstić information content (AvgIpc) is 2.42. The largest absolute Gasteiger partial charge is 0.436 e. The molecule has 20 heavy (non-hydrogen) atoms. The molecule has 0 atom stereocenters. The first-order chi connectivity index (χ1) is 9.49. The second kappa shape index (κ2) is 5.80. The molecule has 0 aliphatic carbocycles. The number of ether oxygens (including phenoxy) is 1. The summed E-state index contributed by atoms with van der Waals surface area (Å²) in [7, 11) is 0. The lowest BCUT2D eigenvalue weighted by molar-refractivity contribution is -0.384. The van der Waals surface area contributed by atoms with Crippen LogP contribution in [0.4, 0.5) is 15.9 Å². The van der Waals surface area contributed by atoms with Crippen LogP contribution >= 0.6 is 15.9 Å². The zero-order chi connectivity index (χ0) is 14.7. The molecule has 0 amide bonds. The number of benzene rings is 1. The molecule has 2 rings (SSSR count). The molecule has 9 heteroatoms. The minimum atomic E-state index is -0.632. The van der Waals surface area contributed by atoms with E-state index in [-0.39, 0.29) is 23.1 Å². The minimum Gasteiger partial charge on any atom is -0.436 e. The molecule has 0 saturated carbocycles. The van der Waals surface area contributed by atoms with Crippen molar-refractivity contribution in [3.8, 4) is 11.6 Å². The van der Waals surface area contributed by atoms with Crippen LogP contribution in [-0.4, -0.2) is 9.91 Å². The van der Waals surface area contributed by atoms with Crippen LogP contribution in [0.3, 0.4) is 0 Å². The van der Waals surface area contributed by atoms with Gasteiger partial charge in [0.05, 0.1) is 17.1 Å². The Morgan fingerprint density at radius 3 is 2.80 bits per heavy atom. The van der Waals surface area contributed by atoms with Gasteiger partial charge >= 0.3 is 0 Å². The monoisotopic (exact) mass is 342 g/mol. The molecule has 7 nitrogen and oxygen atoms in total. The Labute approximate surface area is 120 Å². The highest BCUT2D eigenvalue weighted by Crippen LogP contribution is 2.29. The molecule has 0 bridgehead atoms. The predicted molar refractivity (Wildman–Crippen MR) is 72.9 cm³/mol. The number of hydrazine groups is 1. The molecule has 104 valence electrons. The van der Waals surface area contributed by atoms with Gasteiger partial charge in [0.2, 0.25) is 5.88 Å². The molecule has 0 unspecified atom stereocenters. The number of nitro groups is 1. The molecule has 2 aromatic rings. The van der Waals surface area contributed by atoms with E-state index >= 15 is 0 Å². The molecular weight excluding hydrogens is 335 g/mol. The van der Waals surface area contributed by atoms with Gasteiger partial charge in [0.25, 0.3) is 5.69 Å². The SMILES string of the molecule is NNc1cc([N+](=O)[O-])cc(Oc2cc(Br)ccc2F)n1. The van der Waals surface area contributed by atoms with Gasteiger partial charge in [-0.1, -0.05) is 15.9 Å². The summed E-state index contributed by atoms with van der Waals surface area (Å²) in [5, 5.41) is 10.8. The number of nitrogen functional groups attached to an aromatic ring is 1. The summed E-state index contributed by atoms with van der Waals surface area (Å²) < 4.78 is 19.4. The summed E-state index contributed by atoms with van der Waals surface area (Å²) in [6.07, 6.45) is 0. The highest BCUT2D eigenvalue weighted by Gasteiger charge is 2.14. The number of aromatic nitrogens is 1. The third-order valence-corrected chi connectivity index (χ3v) is 2.75. The fourth-order valence-electron chi connectivity index (χ4n) is 1.39. The molecule has 0 saturated heterocycles. The Morgan fingerprint density at radius 2 is 2.15 bits per heavy atom.